The largest absolute Gasteiger partial charge is 0.322 e. The highest BCUT2D eigenvalue weighted by Gasteiger charge is 2.19. The van der Waals surface area contributed by atoms with Crippen LogP contribution < -0.4 is 5.32 Å². The minimum absolute atomic E-state index is 0.308. The number of fused-ring (bicyclic) bond motifs is 1. The second kappa shape index (κ2) is 7.19. The van der Waals surface area contributed by atoms with Crippen molar-refractivity contribution in [2.75, 3.05) is 11.9 Å². The summed E-state index contributed by atoms with van der Waals surface area (Å²) in [6.45, 7) is 2.73. The average Bonchev–Trinajstić information content (AvgIpc) is 3.02. The molecule has 4 nitrogen and oxygen atoms in total. The van der Waals surface area contributed by atoms with Crippen LogP contribution in [0.2, 0.25) is 0 Å². The molecule has 1 aromatic carbocycles. The Kier molecular flexibility index (Phi) is 4.78. The van der Waals surface area contributed by atoms with Crippen LogP contribution in [-0.4, -0.2) is 21.4 Å². The Morgan fingerprint density at radius 2 is 2.20 bits per heavy atom. The Bertz CT molecular complexity index is 898. The average molecular weight is 419 g/mol. The molecule has 0 bridgehead atoms. The Labute approximate surface area is 157 Å². The van der Waals surface area contributed by atoms with Crippen molar-refractivity contribution in [1.29, 1.82) is 0 Å². The minimum Gasteiger partial charge on any atom is -0.322 e. The molecule has 0 saturated carbocycles. The Hall–Kier alpha value is -1.83. The van der Waals surface area contributed by atoms with E-state index in [-0.39, 0.29) is 5.82 Å². The van der Waals surface area contributed by atoms with Gasteiger partial charge >= 0.3 is 0 Å². The van der Waals surface area contributed by atoms with E-state index in [2.05, 4.69) is 47.6 Å². The van der Waals surface area contributed by atoms with E-state index in [4.69, 9.17) is 0 Å². The third-order valence-corrected chi connectivity index (χ3v) is 5.82. The second-order valence-corrected chi connectivity index (χ2v) is 7.87. The summed E-state index contributed by atoms with van der Waals surface area (Å²) in [4.78, 5) is 12.7. The smallest absolute Gasteiger partial charge is 0.227 e. The number of aromatic nitrogens is 2. The topological polar surface area (TPSA) is 41.1 Å². The molecule has 0 aliphatic carbocycles. The fraction of sp³-hybridized carbons (Fsp3) is 0.222. The number of hydrogen-bond donors (Lipinski definition) is 1. The molecular weight excluding hydrogens is 403 g/mol. The summed E-state index contributed by atoms with van der Waals surface area (Å²) in [5.74, 6) is 0.136. The fourth-order valence-electron chi connectivity index (χ4n) is 2.91. The van der Waals surface area contributed by atoms with Crippen molar-refractivity contribution in [2.45, 2.75) is 19.5 Å². The van der Waals surface area contributed by atoms with Crippen molar-refractivity contribution >= 4 is 38.9 Å². The van der Waals surface area contributed by atoms with Gasteiger partial charge in [-0.2, -0.15) is 0 Å². The first-order chi connectivity index (χ1) is 12.2. The summed E-state index contributed by atoms with van der Waals surface area (Å²) in [6.07, 6.45) is 2.72. The third-order valence-electron chi connectivity index (χ3n) is 4.13. The van der Waals surface area contributed by atoms with Crippen LogP contribution in [0.3, 0.4) is 0 Å². The molecule has 2 aromatic heterocycles. The van der Waals surface area contributed by atoms with Gasteiger partial charge in [0, 0.05) is 52.5 Å². The summed E-state index contributed by atoms with van der Waals surface area (Å²) >= 11 is 5.27. The first-order valence-electron chi connectivity index (χ1n) is 7.99. The maximum Gasteiger partial charge on any atom is 0.227 e. The summed E-state index contributed by atoms with van der Waals surface area (Å²) in [7, 11) is 0. The molecule has 25 heavy (non-hydrogen) atoms. The van der Waals surface area contributed by atoms with E-state index < -0.39 is 0 Å². The van der Waals surface area contributed by atoms with E-state index in [0.717, 1.165) is 41.8 Å². The maximum atomic E-state index is 13.7. The van der Waals surface area contributed by atoms with Crippen LogP contribution in [0, 0.1) is 5.82 Å². The van der Waals surface area contributed by atoms with Gasteiger partial charge in [-0.3, -0.25) is 4.90 Å². The molecule has 1 aliphatic rings. The lowest BCUT2D eigenvalue weighted by Gasteiger charge is -2.27. The monoisotopic (exact) mass is 418 g/mol. The number of rotatable bonds is 4. The van der Waals surface area contributed by atoms with Crippen molar-refractivity contribution in [3.8, 4) is 0 Å². The summed E-state index contributed by atoms with van der Waals surface area (Å²) < 4.78 is 14.9. The molecule has 7 heteroatoms. The van der Waals surface area contributed by atoms with Crippen LogP contribution in [0.25, 0.3) is 0 Å². The highest BCUT2D eigenvalue weighted by atomic mass is 79.9. The molecule has 3 aromatic rings. The van der Waals surface area contributed by atoms with Gasteiger partial charge in [0.2, 0.25) is 5.95 Å². The zero-order valence-electron chi connectivity index (χ0n) is 13.4. The number of halogens is 2. The van der Waals surface area contributed by atoms with Gasteiger partial charge in [-0.05, 0) is 34.1 Å². The Morgan fingerprint density at radius 3 is 3.00 bits per heavy atom. The standard InChI is InChI=1S/C18H16BrFN4S/c19-13-7-14(25-11-13)10-24-6-5-16-12(9-24)8-21-18(22-16)23-17-4-2-1-3-15(17)20/h1-4,7-8,11H,5-6,9-10H2,(H,21,22,23). The van der Waals surface area contributed by atoms with Crippen molar-refractivity contribution in [1.82, 2.24) is 14.9 Å². The van der Waals surface area contributed by atoms with Crippen LogP contribution in [0.15, 0.2) is 46.4 Å². The first-order valence-corrected chi connectivity index (χ1v) is 9.66. The van der Waals surface area contributed by atoms with Crippen LogP contribution in [-0.2, 0) is 19.5 Å². The van der Waals surface area contributed by atoms with E-state index in [1.807, 2.05) is 6.20 Å². The summed E-state index contributed by atoms with van der Waals surface area (Å²) in [6, 6.07) is 8.71. The van der Waals surface area contributed by atoms with Crippen molar-refractivity contribution in [3.63, 3.8) is 0 Å². The highest BCUT2D eigenvalue weighted by molar-refractivity contribution is 9.10. The molecule has 0 radical (unpaired) electrons. The number of nitrogens with zero attached hydrogens (tertiary/aromatic N) is 3. The van der Waals surface area contributed by atoms with E-state index >= 15 is 0 Å². The third kappa shape index (κ3) is 3.89. The fourth-order valence-corrected chi connectivity index (χ4v) is 4.40. The van der Waals surface area contributed by atoms with Gasteiger partial charge in [0.25, 0.3) is 0 Å². The maximum absolute atomic E-state index is 13.7. The van der Waals surface area contributed by atoms with Crippen molar-refractivity contribution in [3.05, 3.63) is 68.3 Å². The number of thiophene rings is 1. The number of benzene rings is 1. The van der Waals surface area contributed by atoms with Gasteiger partial charge in [-0.15, -0.1) is 11.3 Å². The van der Waals surface area contributed by atoms with Gasteiger partial charge in [0.05, 0.1) is 11.4 Å². The predicted molar refractivity (Wildman–Crippen MR) is 102 cm³/mol. The molecule has 0 unspecified atom stereocenters. The molecule has 0 fully saturated rings. The molecule has 0 spiro atoms. The predicted octanol–water partition coefficient (Wildman–Crippen LogP) is 4.74. The zero-order chi connectivity index (χ0) is 17.2. The normalized spacial score (nSPS) is 14.3. The lowest BCUT2D eigenvalue weighted by molar-refractivity contribution is 0.245. The van der Waals surface area contributed by atoms with Gasteiger partial charge in [0.15, 0.2) is 0 Å². The number of nitrogens with one attached hydrogen (secondary N) is 1. The molecular formula is C18H16BrFN4S. The van der Waals surface area contributed by atoms with Gasteiger partial charge in [-0.25, -0.2) is 14.4 Å². The van der Waals surface area contributed by atoms with Gasteiger partial charge in [-0.1, -0.05) is 12.1 Å². The molecule has 1 aliphatic heterocycles. The molecule has 0 amide bonds. The van der Waals surface area contributed by atoms with Crippen LogP contribution in [0.1, 0.15) is 16.1 Å². The molecule has 3 heterocycles. The van der Waals surface area contributed by atoms with Crippen molar-refractivity contribution in [2.24, 2.45) is 0 Å². The van der Waals surface area contributed by atoms with Crippen LogP contribution in [0.5, 0.6) is 0 Å². The van der Waals surface area contributed by atoms with E-state index in [1.54, 1.807) is 29.5 Å². The van der Waals surface area contributed by atoms with Gasteiger partial charge < -0.3 is 5.32 Å². The second-order valence-electron chi connectivity index (χ2n) is 5.96. The minimum atomic E-state index is -0.308. The zero-order valence-corrected chi connectivity index (χ0v) is 15.8. The summed E-state index contributed by atoms with van der Waals surface area (Å²) in [5, 5.41) is 5.07. The summed E-state index contributed by atoms with van der Waals surface area (Å²) in [5.41, 5.74) is 2.57. The van der Waals surface area contributed by atoms with E-state index in [0.29, 0.717) is 11.6 Å². The molecule has 0 saturated heterocycles. The number of hydrogen-bond acceptors (Lipinski definition) is 5. The highest BCUT2D eigenvalue weighted by Crippen LogP contribution is 2.25. The Balaban J connectivity index is 1.46. The number of para-hydroxylation sites is 1. The number of anilines is 2. The molecule has 0 atom stereocenters. The van der Waals surface area contributed by atoms with E-state index in [9.17, 15) is 4.39 Å². The van der Waals surface area contributed by atoms with Crippen LogP contribution >= 0.6 is 27.3 Å². The Morgan fingerprint density at radius 1 is 1.32 bits per heavy atom. The van der Waals surface area contributed by atoms with Crippen molar-refractivity contribution < 1.29 is 4.39 Å². The molecule has 4 rings (SSSR count). The lowest BCUT2D eigenvalue weighted by atomic mass is 10.1. The molecule has 1 N–H and O–H groups in total. The molecule has 128 valence electrons. The van der Waals surface area contributed by atoms with Crippen LogP contribution in [0.4, 0.5) is 16.0 Å². The van der Waals surface area contributed by atoms with Gasteiger partial charge in [0.1, 0.15) is 5.82 Å². The first kappa shape index (κ1) is 16.6. The SMILES string of the molecule is Fc1ccccc1Nc1ncc2c(n1)CCN(Cc1cc(Br)cs1)C2. The van der Waals surface area contributed by atoms with E-state index in [1.165, 1.54) is 10.9 Å². The quantitative estimate of drug-likeness (QED) is 0.663. The lowest BCUT2D eigenvalue weighted by Crippen LogP contribution is -2.30.